The lowest BCUT2D eigenvalue weighted by Gasteiger charge is -2.28. The molecule has 3 aliphatic rings. The van der Waals surface area contributed by atoms with E-state index in [9.17, 15) is 9.59 Å². The van der Waals surface area contributed by atoms with Crippen molar-refractivity contribution in [3.8, 4) is 11.5 Å². The lowest BCUT2D eigenvalue weighted by molar-refractivity contribution is -0.139. The van der Waals surface area contributed by atoms with Gasteiger partial charge < -0.3 is 19.7 Å². The summed E-state index contributed by atoms with van der Waals surface area (Å²) >= 11 is 0. The number of nitrogens with one attached hydrogen (secondary N) is 1. The van der Waals surface area contributed by atoms with E-state index in [2.05, 4.69) is 5.32 Å². The predicted molar refractivity (Wildman–Crippen MR) is 97.3 cm³/mol. The van der Waals surface area contributed by atoms with Gasteiger partial charge in [0.25, 0.3) is 0 Å². The standard InChI is InChI=1S/C20H26N2O4/c1-2-22(20(24)16-10-13-3-4-14(16)9-13)12-19(23)21-15-5-6-17-18(11-15)26-8-7-25-17/h5-6,11,13-14,16H,2-4,7-10,12H2,1H3,(H,21,23). The van der Waals surface area contributed by atoms with E-state index in [0.717, 1.165) is 12.3 Å². The Morgan fingerprint density at radius 2 is 1.96 bits per heavy atom. The molecule has 1 N–H and O–H groups in total. The minimum atomic E-state index is -0.181. The van der Waals surface area contributed by atoms with Crippen LogP contribution in [0.15, 0.2) is 18.2 Å². The minimum absolute atomic E-state index is 0.0949. The minimum Gasteiger partial charge on any atom is -0.486 e. The number of likely N-dealkylation sites (N-methyl/N-ethyl adjacent to an activating group) is 1. The maximum absolute atomic E-state index is 12.9. The summed E-state index contributed by atoms with van der Waals surface area (Å²) in [5.74, 6) is 2.67. The van der Waals surface area contributed by atoms with Gasteiger partial charge in [-0.1, -0.05) is 6.42 Å². The van der Waals surface area contributed by atoms with Gasteiger partial charge in [0.2, 0.25) is 11.8 Å². The zero-order chi connectivity index (χ0) is 18.1. The number of nitrogens with zero attached hydrogens (tertiary/aromatic N) is 1. The van der Waals surface area contributed by atoms with E-state index in [4.69, 9.17) is 9.47 Å². The van der Waals surface area contributed by atoms with Gasteiger partial charge in [-0.3, -0.25) is 9.59 Å². The first-order chi connectivity index (χ1) is 12.6. The number of amides is 2. The van der Waals surface area contributed by atoms with E-state index in [1.807, 2.05) is 6.92 Å². The number of ether oxygens (including phenoxy) is 2. The van der Waals surface area contributed by atoms with Crippen molar-refractivity contribution in [2.24, 2.45) is 17.8 Å². The number of benzene rings is 1. The molecule has 1 aliphatic heterocycles. The van der Waals surface area contributed by atoms with Crippen molar-refractivity contribution in [1.29, 1.82) is 0 Å². The van der Waals surface area contributed by atoms with Crippen LogP contribution in [0.4, 0.5) is 5.69 Å². The first-order valence-corrected chi connectivity index (χ1v) is 9.62. The quantitative estimate of drug-likeness (QED) is 0.879. The van der Waals surface area contributed by atoms with Crippen molar-refractivity contribution < 1.29 is 19.1 Å². The Kier molecular flexibility index (Phi) is 4.74. The van der Waals surface area contributed by atoms with Crippen molar-refractivity contribution >= 4 is 17.5 Å². The summed E-state index contributed by atoms with van der Waals surface area (Å²) in [5, 5.41) is 2.87. The molecule has 2 fully saturated rings. The number of carbonyl (C=O) groups excluding carboxylic acids is 2. The Morgan fingerprint density at radius 3 is 2.65 bits per heavy atom. The Balaban J connectivity index is 1.36. The molecule has 2 aliphatic carbocycles. The molecule has 2 bridgehead atoms. The molecule has 1 aromatic rings. The largest absolute Gasteiger partial charge is 0.486 e. The SMILES string of the molecule is CCN(CC(=O)Nc1ccc2c(c1)OCCO2)C(=O)C1CC2CCC1C2. The van der Waals surface area contributed by atoms with Crippen LogP contribution >= 0.6 is 0 Å². The third-order valence-electron chi connectivity index (χ3n) is 5.91. The molecule has 6 heteroatoms. The smallest absolute Gasteiger partial charge is 0.243 e. The van der Waals surface area contributed by atoms with E-state index in [0.29, 0.717) is 42.9 Å². The predicted octanol–water partition coefficient (Wildman–Crippen LogP) is 2.68. The van der Waals surface area contributed by atoms with Crippen LogP contribution < -0.4 is 14.8 Å². The van der Waals surface area contributed by atoms with Crippen LogP contribution in [-0.2, 0) is 9.59 Å². The highest BCUT2D eigenvalue weighted by Crippen LogP contribution is 2.48. The average molecular weight is 358 g/mol. The lowest BCUT2D eigenvalue weighted by atomic mass is 9.87. The van der Waals surface area contributed by atoms with Crippen molar-refractivity contribution in [2.45, 2.75) is 32.6 Å². The summed E-state index contributed by atoms with van der Waals surface area (Å²) in [5.41, 5.74) is 0.655. The summed E-state index contributed by atoms with van der Waals surface area (Å²) in [4.78, 5) is 27.0. The summed E-state index contributed by atoms with van der Waals surface area (Å²) in [6.07, 6.45) is 4.63. The molecule has 1 aromatic carbocycles. The van der Waals surface area contributed by atoms with Crippen LogP contribution in [0.25, 0.3) is 0 Å². The summed E-state index contributed by atoms with van der Waals surface area (Å²) in [7, 11) is 0. The van der Waals surface area contributed by atoms with Gasteiger partial charge in [-0.05, 0) is 50.2 Å². The molecule has 26 heavy (non-hydrogen) atoms. The molecule has 0 saturated heterocycles. The Bertz CT molecular complexity index is 705. The normalized spacial score (nSPS) is 25.8. The fraction of sp³-hybridized carbons (Fsp3) is 0.600. The number of hydrogen-bond acceptors (Lipinski definition) is 4. The number of carbonyl (C=O) groups is 2. The molecule has 1 heterocycles. The molecule has 0 aromatic heterocycles. The fourth-order valence-corrected chi connectivity index (χ4v) is 4.62. The molecular formula is C20H26N2O4. The molecule has 3 atom stereocenters. The topological polar surface area (TPSA) is 67.9 Å². The van der Waals surface area contributed by atoms with Crippen molar-refractivity contribution in [1.82, 2.24) is 4.90 Å². The van der Waals surface area contributed by atoms with Gasteiger partial charge in [-0.2, -0.15) is 0 Å². The molecule has 0 radical (unpaired) electrons. The number of rotatable bonds is 5. The van der Waals surface area contributed by atoms with E-state index < -0.39 is 0 Å². The molecule has 140 valence electrons. The second-order valence-corrected chi connectivity index (χ2v) is 7.54. The fourth-order valence-electron chi connectivity index (χ4n) is 4.62. The van der Waals surface area contributed by atoms with Gasteiger partial charge >= 0.3 is 0 Å². The highest BCUT2D eigenvalue weighted by Gasteiger charge is 2.44. The third kappa shape index (κ3) is 3.37. The monoisotopic (exact) mass is 358 g/mol. The zero-order valence-corrected chi connectivity index (χ0v) is 15.2. The van der Waals surface area contributed by atoms with Gasteiger partial charge in [0.05, 0.1) is 6.54 Å². The maximum Gasteiger partial charge on any atom is 0.243 e. The summed E-state index contributed by atoms with van der Waals surface area (Å²) in [6, 6.07) is 5.35. The summed E-state index contributed by atoms with van der Waals surface area (Å²) < 4.78 is 11.0. The highest BCUT2D eigenvalue weighted by atomic mass is 16.6. The van der Waals surface area contributed by atoms with E-state index in [-0.39, 0.29) is 24.3 Å². The van der Waals surface area contributed by atoms with Gasteiger partial charge in [-0.25, -0.2) is 0 Å². The maximum atomic E-state index is 12.9. The van der Waals surface area contributed by atoms with Crippen LogP contribution in [0.3, 0.4) is 0 Å². The van der Waals surface area contributed by atoms with E-state index in [1.165, 1.54) is 19.3 Å². The Hall–Kier alpha value is -2.24. The zero-order valence-electron chi connectivity index (χ0n) is 15.2. The number of anilines is 1. The number of fused-ring (bicyclic) bond motifs is 3. The first-order valence-electron chi connectivity index (χ1n) is 9.62. The Morgan fingerprint density at radius 1 is 1.15 bits per heavy atom. The second-order valence-electron chi connectivity index (χ2n) is 7.54. The first kappa shape index (κ1) is 17.2. The number of hydrogen-bond donors (Lipinski definition) is 1. The molecule has 4 rings (SSSR count). The molecule has 3 unspecified atom stereocenters. The molecule has 2 amide bonds. The van der Waals surface area contributed by atoms with E-state index >= 15 is 0 Å². The lowest BCUT2D eigenvalue weighted by Crippen LogP contribution is -2.42. The average Bonchev–Trinajstić information content (AvgIpc) is 3.29. The Labute approximate surface area is 153 Å². The molecule has 6 nitrogen and oxygen atoms in total. The van der Waals surface area contributed by atoms with Gasteiger partial charge in [0.1, 0.15) is 13.2 Å². The van der Waals surface area contributed by atoms with Crippen LogP contribution in [0.1, 0.15) is 32.6 Å². The van der Waals surface area contributed by atoms with Gasteiger partial charge in [0.15, 0.2) is 11.5 Å². The van der Waals surface area contributed by atoms with Crippen molar-refractivity contribution in [3.05, 3.63) is 18.2 Å². The van der Waals surface area contributed by atoms with Crippen LogP contribution in [0, 0.1) is 17.8 Å². The van der Waals surface area contributed by atoms with E-state index in [1.54, 1.807) is 23.1 Å². The van der Waals surface area contributed by atoms with Crippen LogP contribution in [0.2, 0.25) is 0 Å². The molecule has 2 saturated carbocycles. The van der Waals surface area contributed by atoms with Crippen molar-refractivity contribution in [3.63, 3.8) is 0 Å². The van der Waals surface area contributed by atoms with Gasteiger partial charge in [0, 0.05) is 24.2 Å². The van der Waals surface area contributed by atoms with Crippen LogP contribution in [0.5, 0.6) is 11.5 Å². The van der Waals surface area contributed by atoms with Gasteiger partial charge in [-0.15, -0.1) is 0 Å². The third-order valence-corrected chi connectivity index (χ3v) is 5.91. The van der Waals surface area contributed by atoms with Crippen molar-refractivity contribution in [2.75, 3.05) is 31.6 Å². The summed E-state index contributed by atoms with van der Waals surface area (Å²) in [6.45, 7) is 3.63. The molecule has 0 spiro atoms. The van der Waals surface area contributed by atoms with Crippen LogP contribution in [-0.4, -0.2) is 43.0 Å². The molecular weight excluding hydrogens is 332 g/mol. The highest BCUT2D eigenvalue weighted by molar-refractivity contribution is 5.95. The second kappa shape index (κ2) is 7.17.